The van der Waals surface area contributed by atoms with E-state index in [1.54, 1.807) is 17.6 Å². The molecular formula is C39H44N8O7. The highest BCUT2D eigenvalue weighted by atomic mass is 16.6. The minimum atomic E-state index is -0.718. The van der Waals surface area contributed by atoms with Gasteiger partial charge < -0.3 is 30.7 Å². The van der Waals surface area contributed by atoms with Gasteiger partial charge in [-0.1, -0.05) is 80.3 Å². The molecule has 2 aromatic carbocycles. The van der Waals surface area contributed by atoms with Gasteiger partial charge in [0.05, 0.1) is 43.4 Å². The summed E-state index contributed by atoms with van der Waals surface area (Å²) in [6, 6.07) is 19.1. The molecule has 0 atom stereocenters. The van der Waals surface area contributed by atoms with E-state index in [9.17, 15) is 19.7 Å². The number of hydrogen-bond acceptors (Lipinski definition) is 11. The second kappa shape index (κ2) is 17.7. The summed E-state index contributed by atoms with van der Waals surface area (Å²) in [5.41, 5.74) is 16.5. The molecule has 5 aromatic rings. The molecule has 0 aliphatic carbocycles. The van der Waals surface area contributed by atoms with Crippen LogP contribution in [0.2, 0.25) is 0 Å². The third-order valence-electron chi connectivity index (χ3n) is 8.48. The first-order valence-corrected chi connectivity index (χ1v) is 17.2. The van der Waals surface area contributed by atoms with Crippen molar-refractivity contribution in [3.63, 3.8) is 0 Å². The van der Waals surface area contributed by atoms with Crippen molar-refractivity contribution in [1.29, 1.82) is 0 Å². The third-order valence-corrected chi connectivity index (χ3v) is 8.48. The molecule has 3 aromatic heterocycles. The Kier molecular flexibility index (Phi) is 12.7. The van der Waals surface area contributed by atoms with Gasteiger partial charge in [0.25, 0.3) is 0 Å². The number of aromatic amines is 1. The van der Waals surface area contributed by atoms with Crippen molar-refractivity contribution >= 4 is 40.1 Å². The summed E-state index contributed by atoms with van der Waals surface area (Å²) in [6.07, 6.45) is 10.6. The van der Waals surface area contributed by atoms with E-state index in [-0.39, 0.29) is 49.5 Å². The van der Waals surface area contributed by atoms with Gasteiger partial charge in [-0.2, -0.15) is 9.97 Å². The van der Waals surface area contributed by atoms with Crippen LogP contribution in [0.3, 0.4) is 0 Å². The number of imidazole rings is 1. The first kappa shape index (κ1) is 38.6. The fourth-order valence-electron chi connectivity index (χ4n) is 6.03. The van der Waals surface area contributed by atoms with E-state index in [4.69, 9.17) is 25.7 Å². The predicted octanol–water partition coefficient (Wildman–Crippen LogP) is 6.49. The molecule has 0 spiro atoms. The molecule has 5 heterocycles. The van der Waals surface area contributed by atoms with E-state index in [0.29, 0.717) is 43.1 Å². The number of nitrogens with one attached hydrogen (secondary N) is 1. The molecule has 0 saturated carbocycles. The Labute approximate surface area is 312 Å². The number of fused-ring (bicyclic) bond motifs is 7. The van der Waals surface area contributed by atoms with Gasteiger partial charge in [-0.3, -0.25) is 19.6 Å². The maximum atomic E-state index is 12.7. The highest BCUT2D eigenvalue weighted by Gasteiger charge is 2.30. The summed E-state index contributed by atoms with van der Waals surface area (Å²) in [5, 5.41) is 11.7. The number of nitrogens with two attached hydrogens (primary N) is 2. The maximum absolute atomic E-state index is 12.7. The first-order chi connectivity index (χ1) is 25.7. The van der Waals surface area contributed by atoms with E-state index >= 15 is 0 Å². The summed E-state index contributed by atoms with van der Waals surface area (Å²) >= 11 is 0. The zero-order chi connectivity index (χ0) is 37.3. The Morgan fingerprint density at radius 1 is 0.870 bits per heavy atom. The number of aromatic nitrogens is 4. The fraction of sp³-hybridized carbons (Fsp3) is 0.282. The average Bonchev–Trinajstić information content (AvgIpc) is 3.44. The largest absolute Gasteiger partial charge is 0.477 e. The van der Waals surface area contributed by atoms with Crippen molar-refractivity contribution in [2.24, 2.45) is 0 Å². The van der Waals surface area contributed by atoms with Crippen molar-refractivity contribution < 1.29 is 23.9 Å². The molecule has 15 heteroatoms. The number of nitrogens with zero attached hydrogens (tertiary/aromatic N) is 5. The molecule has 2 aliphatic heterocycles. The smallest absolute Gasteiger partial charge is 0.414 e. The monoisotopic (exact) mass is 736 g/mol. The number of amides is 1. The Balaban J connectivity index is 0.000000207. The molecule has 0 radical (unpaired) electrons. The highest BCUT2D eigenvalue weighted by molar-refractivity contribution is 5.93. The molecule has 5 N–H and O–H groups in total. The number of allylic oxidation sites excluding steroid dienone is 2. The number of benzene rings is 2. The molecular weight excluding hydrogens is 692 g/mol. The number of nitrogen functional groups attached to an aromatic ring is 2. The normalized spacial score (nSPS) is 15.1. The third kappa shape index (κ3) is 9.23. The second-order valence-electron chi connectivity index (χ2n) is 12.3. The van der Waals surface area contributed by atoms with E-state index < -0.39 is 16.7 Å². The van der Waals surface area contributed by atoms with Crippen LogP contribution in [0.15, 0.2) is 89.8 Å². The van der Waals surface area contributed by atoms with Crippen molar-refractivity contribution in [2.45, 2.75) is 53.1 Å². The SMILES string of the molecule is C.CCOC(=O)N1Cc2cccc(c2)C/C=C/CCOc2cc1c([N+](=O)[O-])c(N)n2.Nc1nc2cc3c1[nH]c(=O)n3Cc1cccc(c1)C/C=C/CCO2. The van der Waals surface area contributed by atoms with E-state index in [1.165, 1.54) is 16.5 Å². The molecule has 8 bridgehead atoms. The van der Waals surface area contributed by atoms with Gasteiger partial charge in [-0.25, -0.2) is 9.59 Å². The molecule has 282 valence electrons. The van der Waals surface area contributed by atoms with Gasteiger partial charge in [0.1, 0.15) is 11.2 Å². The van der Waals surface area contributed by atoms with Crippen LogP contribution in [0.4, 0.5) is 27.8 Å². The van der Waals surface area contributed by atoms with Crippen LogP contribution in [-0.4, -0.2) is 50.4 Å². The Hall–Kier alpha value is -6.64. The van der Waals surface area contributed by atoms with Gasteiger partial charge in [-0.05, 0) is 54.9 Å². The molecule has 0 saturated heterocycles. The molecule has 2 aliphatic rings. The molecule has 7 rings (SSSR count). The van der Waals surface area contributed by atoms with E-state index in [2.05, 4.69) is 39.2 Å². The maximum Gasteiger partial charge on any atom is 0.414 e. The molecule has 0 unspecified atom stereocenters. The number of carbonyl (C=O) groups is 1. The Bertz CT molecular complexity index is 2240. The zero-order valence-corrected chi connectivity index (χ0v) is 29.2. The lowest BCUT2D eigenvalue weighted by molar-refractivity contribution is -0.383. The number of H-pyrrole nitrogens is 1. The second-order valence-corrected chi connectivity index (χ2v) is 12.3. The van der Waals surface area contributed by atoms with Crippen molar-refractivity contribution in [3.8, 4) is 11.8 Å². The number of carbonyl (C=O) groups excluding carboxylic acids is 1. The Morgan fingerprint density at radius 3 is 2.06 bits per heavy atom. The van der Waals surface area contributed by atoms with Crippen LogP contribution in [0.1, 0.15) is 49.4 Å². The molecule has 15 nitrogen and oxygen atoms in total. The number of rotatable bonds is 2. The fourth-order valence-corrected chi connectivity index (χ4v) is 6.03. The molecule has 1 amide bonds. The summed E-state index contributed by atoms with van der Waals surface area (Å²) < 4.78 is 18.1. The lowest BCUT2D eigenvalue weighted by Gasteiger charge is -2.23. The quantitative estimate of drug-likeness (QED) is 0.101. The van der Waals surface area contributed by atoms with Crippen LogP contribution < -0.4 is 31.5 Å². The van der Waals surface area contributed by atoms with Gasteiger partial charge in [0, 0.05) is 12.1 Å². The Morgan fingerprint density at radius 2 is 1.44 bits per heavy atom. The number of nitro groups is 1. The van der Waals surface area contributed by atoms with Crippen LogP contribution >= 0.6 is 0 Å². The zero-order valence-electron chi connectivity index (χ0n) is 29.2. The standard InChI is InChI=1S/C20H22N4O5.C18H18N4O2.CH4/c1-2-28-20(25)23-13-15-9-6-8-14(11-15)7-4-3-5-10-29-17-12-16(23)18(24(26)27)19(21)22-17;19-17-16-14-10-15(20-17)24-8-3-1-2-5-12-6-4-7-13(9-12)11-22(14)18(23)21-16;/h3-4,6,8-9,11-12H,2,5,7,10,13H2,1H3,(H2,21,22);1-2,4,6-7,9-10H,3,5,8,11H2,(H2,19,20)(H,21,23);1H4/b4-3+;2-1+;. The first-order valence-electron chi connectivity index (χ1n) is 17.2. The van der Waals surface area contributed by atoms with Crippen molar-refractivity contribution in [2.75, 3.05) is 36.2 Å². The van der Waals surface area contributed by atoms with E-state index in [1.807, 2.05) is 48.6 Å². The topological polar surface area (TPSA) is 207 Å². The number of ether oxygens (including phenoxy) is 3. The average molecular weight is 737 g/mol. The van der Waals surface area contributed by atoms with Crippen molar-refractivity contribution in [1.82, 2.24) is 19.5 Å². The van der Waals surface area contributed by atoms with Crippen LogP contribution in [0.25, 0.3) is 11.0 Å². The minimum absolute atomic E-state index is 0. The van der Waals surface area contributed by atoms with Gasteiger partial charge in [-0.15, -0.1) is 0 Å². The number of hydrogen-bond donors (Lipinski definition) is 3. The summed E-state index contributed by atoms with van der Waals surface area (Å²) in [4.78, 5) is 48.2. The van der Waals surface area contributed by atoms with E-state index in [0.717, 1.165) is 36.0 Å². The summed E-state index contributed by atoms with van der Waals surface area (Å²) in [6.45, 7) is 3.17. The summed E-state index contributed by atoms with van der Waals surface area (Å²) in [7, 11) is 0. The number of anilines is 3. The molecule has 0 fully saturated rings. The van der Waals surface area contributed by atoms with Gasteiger partial charge in [0.2, 0.25) is 17.6 Å². The molecule has 54 heavy (non-hydrogen) atoms. The van der Waals surface area contributed by atoms with Crippen LogP contribution in [0.5, 0.6) is 11.8 Å². The van der Waals surface area contributed by atoms with Gasteiger partial charge >= 0.3 is 17.5 Å². The lowest BCUT2D eigenvalue weighted by atomic mass is 10.1. The highest BCUT2D eigenvalue weighted by Crippen LogP contribution is 2.37. The lowest BCUT2D eigenvalue weighted by Crippen LogP contribution is -2.32. The predicted molar refractivity (Wildman–Crippen MR) is 208 cm³/mol. The minimum Gasteiger partial charge on any atom is -0.477 e. The van der Waals surface area contributed by atoms with Crippen molar-refractivity contribution in [3.05, 3.63) is 128 Å². The van der Waals surface area contributed by atoms with Crippen LogP contribution in [0, 0.1) is 10.1 Å². The number of pyridine rings is 2. The van der Waals surface area contributed by atoms with Gasteiger partial charge in [0.15, 0.2) is 5.82 Å². The summed E-state index contributed by atoms with van der Waals surface area (Å²) in [5.74, 6) is 0.492. The van der Waals surface area contributed by atoms with Crippen LogP contribution in [-0.2, 0) is 30.7 Å².